The fourth-order valence-electron chi connectivity index (χ4n) is 1.60. The van der Waals surface area contributed by atoms with Crippen LogP contribution in [0.2, 0.25) is 0 Å². The van der Waals surface area contributed by atoms with Gasteiger partial charge >= 0.3 is 5.97 Å². The highest BCUT2D eigenvalue weighted by atomic mass is 79.9. The first-order valence-corrected chi connectivity index (χ1v) is 7.93. The van der Waals surface area contributed by atoms with Gasteiger partial charge in [-0.1, -0.05) is 43.6 Å². The fraction of sp³-hybridized carbons (Fsp3) is 0. The van der Waals surface area contributed by atoms with Crippen LogP contribution >= 0.6 is 43.6 Å². The first-order chi connectivity index (χ1) is 9.88. The second-order valence-electron chi connectivity index (χ2n) is 3.92. The van der Waals surface area contributed by atoms with E-state index < -0.39 is 10.9 Å². The minimum atomic E-state index is -1.08. The lowest BCUT2D eigenvalue weighted by Gasteiger charge is -2.07. The number of halogens is 2. The molecule has 0 aliphatic heterocycles. The van der Waals surface area contributed by atoms with Gasteiger partial charge in [0.2, 0.25) is 0 Å². The average Bonchev–Trinajstić information content (AvgIpc) is 2.38. The molecule has 2 aromatic carbocycles. The Hall–Kier alpha value is -1.38. The fourth-order valence-corrected chi connectivity index (χ4v) is 3.74. The second-order valence-corrected chi connectivity index (χ2v) is 6.83. The van der Waals surface area contributed by atoms with Gasteiger partial charge in [0.1, 0.15) is 0 Å². The van der Waals surface area contributed by atoms with Gasteiger partial charge in [-0.15, -0.1) is 0 Å². The van der Waals surface area contributed by atoms with Crippen LogP contribution in [0.1, 0.15) is 10.4 Å². The molecule has 2 aromatic rings. The predicted octanol–water partition coefficient (Wildman–Crippen LogP) is 4.97. The van der Waals surface area contributed by atoms with E-state index in [1.165, 1.54) is 12.1 Å². The largest absolute Gasteiger partial charge is 0.478 e. The molecule has 21 heavy (non-hydrogen) atoms. The molecule has 0 aliphatic carbocycles. The third-order valence-corrected chi connectivity index (χ3v) is 4.60. The molecule has 0 bridgehead atoms. The quantitative estimate of drug-likeness (QED) is 0.544. The van der Waals surface area contributed by atoms with Crippen LogP contribution < -0.4 is 0 Å². The maximum Gasteiger partial charge on any atom is 0.336 e. The number of carboxylic acids is 1. The minimum absolute atomic E-state index is 0.0699. The standard InChI is InChI=1S/C13H7Br2NO4S/c14-7-1-3-9(13(17)18)11(5-7)21-12-6-8(15)2-4-10(12)16(19)20/h1-6H,(H,17,18). The first kappa shape index (κ1) is 16.0. The Morgan fingerprint density at radius 3 is 2.24 bits per heavy atom. The Bertz CT molecular complexity index is 675. The van der Waals surface area contributed by atoms with Crippen molar-refractivity contribution in [3.63, 3.8) is 0 Å². The Morgan fingerprint density at radius 1 is 1.10 bits per heavy atom. The van der Waals surface area contributed by atoms with E-state index in [0.717, 1.165) is 11.8 Å². The summed E-state index contributed by atoms with van der Waals surface area (Å²) in [5, 5.41) is 20.3. The molecule has 2 rings (SSSR count). The summed E-state index contributed by atoms with van der Waals surface area (Å²) in [5.74, 6) is -1.08. The van der Waals surface area contributed by atoms with Gasteiger partial charge in [0.15, 0.2) is 0 Å². The summed E-state index contributed by atoms with van der Waals surface area (Å²) in [4.78, 5) is 22.6. The zero-order valence-electron chi connectivity index (χ0n) is 10.2. The van der Waals surface area contributed by atoms with E-state index in [1.807, 2.05) is 0 Å². The van der Waals surface area contributed by atoms with Gasteiger partial charge in [0, 0.05) is 19.9 Å². The zero-order valence-corrected chi connectivity index (χ0v) is 14.2. The summed E-state index contributed by atoms with van der Waals surface area (Å²) >= 11 is 7.57. The van der Waals surface area contributed by atoms with Crippen molar-refractivity contribution in [2.75, 3.05) is 0 Å². The third-order valence-electron chi connectivity index (χ3n) is 2.51. The number of carbonyl (C=O) groups is 1. The highest BCUT2D eigenvalue weighted by molar-refractivity contribution is 9.10. The topological polar surface area (TPSA) is 80.4 Å². The van der Waals surface area contributed by atoms with Gasteiger partial charge in [-0.3, -0.25) is 10.1 Å². The van der Waals surface area contributed by atoms with E-state index in [9.17, 15) is 20.0 Å². The van der Waals surface area contributed by atoms with Crippen LogP contribution in [0, 0.1) is 10.1 Å². The van der Waals surface area contributed by atoms with Crippen molar-refractivity contribution in [3.05, 3.63) is 61.0 Å². The van der Waals surface area contributed by atoms with E-state index in [2.05, 4.69) is 31.9 Å². The maximum absolute atomic E-state index is 11.2. The van der Waals surface area contributed by atoms with E-state index in [4.69, 9.17) is 0 Å². The molecular weight excluding hydrogens is 426 g/mol. The highest BCUT2D eigenvalue weighted by Crippen LogP contribution is 2.39. The highest BCUT2D eigenvalue weighted by Gasteiger charge is 2.18. The summed E-state index contributed by atoms with van der Waals surface area (Å²) < 4.78 is 1.38. The van der Waals surface area contributed by atoms with Gasteiger partial charge in [-0.2, -0.15) is 0 Å². The Morgan fingerprint density at radius 2 is 1.67 bits per heavy atom. The lowest BCUT2D eigenvalue weighted by molar-refractivity contribution is -0.387. The van der Waals surface area contributed by atoms with Gasteiger partial charge in [0.25, 0.3) is 5.69 Å². The Labute approximate surface area is 140 Å². The maximum atomic E-state index is 11.2. The number of rotatable bonds is 4. The number of nitro benzene ring substituents is 1. The number of hydrogen-bond acceptors (Lipinski definition) is 4. The molecule has 0 aliphatic rings. The summed E-state index contributed by atoms with van der Waals surface area (Å²) in [6.07, 6.45) is 0. The number of hydrogen-bond donors (Lipinski definition) is 1. The number of aromatic carboxylic acids is 1. The molecule has 0 aromatic heterocycles. The number of nitro groups is 1. The lowest BCUT2D eigenvalue weighted by Crippen LogP contribution is -1.99. The zero-order chi connectivity index (χ0) is 15.6. The van der Waals surface area contributed by atoms with Crippen molar-refractivity contribution in [3.8, 4) is 0 Å². The summed E-state index contributed by atoms with van der Waals surface area (Å²) in [5.41, 5.74) is 0.0250. The molecule has 0 saturated heterocycles. The molecular formula is C13H7Br2NO4S. The minimum Gasteiger partial charge on any atom is -0.478 e. The van der Waals surface area contributed by atoms with Crippen LogP contribution in [0.3, 0.4) is 0 Å². The molecule has 0 fully saturated rings. The van der Waals surface area contributed by atoms with Gasteiger partial charge in [0.05, 0.1) is 15.4 Å². The second kappa shape index (κ2) is 6.59. The van der Waals surface area contributed by atoms with Crippen molar-refractivity contribution in [1.29, 1.82) is 0 Å². The van der Waals surface area contributed by atoms with Crippen LogP contribution in [-0.4, -0.2) is 16.0 Å². The smallest absolute Gasteiger partial charge is 0.336 e. The van der Waals surface area contributed by atoms with E-state index in [-0.39, 0.29) is 11.3 Å². The molecule has 0 saturated carbocycles. The molecule has 108 valence electrons. The summed E-state index contributed by atoms with van der Waals surface area (Å²) in [6, 6.07) is 9.24. The van der Waals surface area contributed by atoms with Gasteiger partial charge < -0.3 is 5.11 Å². The van der Waals surface area contributed by atoms with Gasteiger partial charge in [-0.05, 0) is 30.3 Å². The molecule has 8 heteroatoms. The van der Waals surface area contributed by atoms with E-state index in [0.29, 0.717) is 18.7 Å². The molecule has 0 unspecified atom stereocenters. The Kier molecular flexibility index (Phi) is 5.02. The molecule has 1 N–H and O–H groups in total. The van der Waals surface area contributed by atoms with Crippen molar-refractivity contribution < 1.29 is 14.8 Å². The molecule has 0 amide bonds. The van der Waals surface area contributed by atoms with E-state index >= 15 is 0 Å². The first-order valence-electron chi connectivity index (χ1n) is 5.53. The molecule has 0 atom stereocenters. The van der Waals surface area contributed by atoms with Crippen LogP contribution in [0.25, 0.3) is 0 Å². The Balaban J connectivity index is 2.52. The number of carboxylic acid groups (broad SMARTS) is 1. The summed E-state index contributed by atoms with van der Waals surface area (Å²) in [7, 11) is 0. The number of nitrogens with zero attached hydrogens (tertiary/aromatic N) is 1. The number of benzene rings is 2. The normalized spacial score (nSPS) is 10.4. The lowest BCUT2D eigenvalue weighted by atomic mass is 10.2. The predicted molar refractivity (Wildman–Crippen MR) is 86.0 cm³/mol. The third kappa shape index (κ3) is 3.84. The van der Waals surface area contributed by atoms with Crippen molar-refractivity contribution >= 4 is 55.3 Å². The van der Waals surface area contributed by atoms with Crippen LogP contribution in [0.4, 0.5) is 5.69 Å². The van der Waals surface area contributed by atoms with Crippen LogP contribution in [0.5, 0.6) is 0 Å². The summed E-state index contributed by atoms with van der Waals surface area (Å²) in [6.45, 7) is 0. The van der Waals surface area contributed by atoms with Crippen LogP contribution in [-0.2, 0) is 0 Å². The molecule has 0 spiro atoms. The molecule has 0 radical (unpaired) electrons. The van der Waals surface area contributed by atoms with Crippen molar-refractivity contribution in [1.82, 2.24) is 0 Å². The van der Waals surface area contributed by atoms with Crippen molar-refractivity contribution in [2.45, 2.75) is 9.79 Å². The molecule has 0 heterocycles. The SMILES string of the molecule is O=C(O)c1ccc(Br)cc1Sc1cc(Br)ccc1[N+](=O)[O-]. The van der Waals surface area contributed by atoms with Crippen molar-refractivity contribution in [2.24, 2.45) is 0 Å². The average molecular weight is 433 g/mol. The van der Waals surface area contributed by atoms with Crippen LogP contribution in [0.15, 0.2) is 55.1 Å². The van der Waals surface area contributed by atoms with Gasteiger partial charge in [-0.25, -0.2) is 4.79 Å². The molecule has 5 nitrogen and oxygen atoms in total. The monoisotopic (exact) mass is 431 g/mol. The van der Waals surface area contributed by atoms with E-state index in [1.54, 1.807) is 24.3 Å².